The topological polar surface area (TPSA) is 94.0 Å². The maximum Gasteiger partial charge on any atom is 0.272 e. The number of hydrogen-bond donors (Lipinski definition) is 0. The molecule has 11 heteroatoms. The van der Waals surface area contributed by atoms with Gasteiger partial charge in [0.1, 0.15) is 17.2 Å². The molecule has 39 heavy (non-hydrogen) atoms. The molecule has 4 rings (SSSR count). The molecule has 0 aliphatic carbocycles. The molecule has 0 amide bonds. The quantitative estimate of drug-likeness (QED) is 0.242. The summed E-state index contributed by atoms with van der Waals surface area (Å²) in [6.07, 6.45) is 0.700. The van der Waals surface area contributed by atoms with Crippen LogP contribution in [-0.4, -0.2) is 81.1 Å². The van der Waals surface area contributed by atoms with Crippen molar-refractivity contribution in [2.24, 2.45) is 0 Å². The number of carbonyl (C=O) groups excluding carboxylic acids is 1. The molecule has 9 nitrogen and oxygen atoms in total. The highest BCUT2D eigenvalue weighted by atomic mass is 35.5. The fourth-order valence-electron chi connectivity index (χ4n) is 4.51. The summed E-state index contributed by atoms with van der Waals surface area (Å²) >= 11 is 5.84. The van der Waals surface area contributed by atoms with Gasteiger partial charge in [-0.3, -0.25) is 4.79 Å². The molecular formula is C28H31ClN4O5S. The number of methoxy groups -OCH3 is 2. The van der Waals surface area contributed by atoms with Gasteiger partial charge in [0.25, 0.3) is 5.24 Å². The van der Waals surface area contributed by atoms with Crippen molar-refractivity contribution in [3.05, 3.63) is 66.4 Å². The van der Waals surface area contributed by atoms with E-state index in [9.17, 15) is 13.2 Å². The van der Waals surface area contributed by atoms with E-state index in [1.807, 2.05) is 31.1 Å². The van der Waals surface area contributed by atoms with Crippen LogP contribution in [0.3, 0.4) is 0 Å². The molecule has 0 unspecified atom stereocenters. The van der Waals surface area contributed by atoms with Crippen LogP contribution in [0.25, 0.3) is 27.7 Å². The smallest absolute Gasteiger partial charge is 0.272 e. The number of nitrogens with zero attached hydrogens (tertiary/aromatic N) is 4. The van der Waals surface area contributed by atoms with E-state index in [1.165, 1.54) is 18.5 Å². The van der Waals surface area contributed by atoms with E-state index < -0.39 is 15.3 Å². The molecule has 0 aliphatic rings. The number of hydrogen-bond acceptors (Lipinski definition) is 7. The molecule has 0 saturated heterocycles. The van der Waals surface area contributed by atoms with Crippen LogP contribution in [0.15, 0.2) is 65.6 Å². The lowest BCUT2D eigenvalue weighted by atomic mass is 10.1. The van der Waals surface area contributed by atoms with Crippen LogP contribution >= 0.6 is 11.6 Å². The van der Waals surface area contributed by atoms with Crippen molar-refractivity contribution in [1.29, 1.82) is 0 Å². The summed E-state index contributed by atoms with van der Waals surface area (Å²) < 4.78 is 41.4. The van der Waals surface area contributed by atoms with Gasteiger partial charge < -0.3 is 14.4 Å². The number of carbonyl (C=O) groups is 1. The number of sulfonamides is 1. The highest BCUT2D eigenvalue weighted by molar-refractivity contribution is 7.89. The summed E-state index contributed by atoms with van der Waals surface area (Å²) in [5.41, 5.74) is 1.66. The maximum absolute atomic E-state index is 13.6. The number of halogens is 1. The lowest BCUT2D eigenvalue weighted by Gasteiger charge is -2.21. The zero-order valence-electron chi connectivity index (χ0n) is 22.5. The molecule has 0 spiro atoms. The predicted octanol–water partition coefficient (Wildman–Crippen LogP) is 4.66. The molecule has 206 valence electrons. The number of fused-ring (bicyclic) bond motifs is 1. The Labute approximate surface area is 233 Å². The zero-order chi connectivity index (χ0) is 28.3. The average molecular weight is 571 g/mol. The lowest BCUT2D eigenvalue weighted by Crippen LogP contribution is -2.30. The van der Waals surface area contributed by atoms with E-state index in [0.29, 0.717) is 52.2 Å². The van der Waals surface area contributed by atoms with Gasteiger partial charge in [-0.1, -0.05) is 30.3 Å². The molecular weight excluding hydrogens is 540 g/mol. The molecule has 0 aliphatic heterocycles. The number of aromatic nitrogens is 2. The van der Waals surface area contributed by atoms with Crippen molar-refractivity contribution in [1.82, 2.24) is 19.0 Å². The van der Waals surface area contributed by atoms with Crippen LogP contribution in [0.1, 0.15) is 16.9 Å². The van der Waals surface area contributed by atoms with Gasteiger partial charge in [-0.2, -0.15) is 5.10 Å². The van der Waals surface area contributed by atoms with Crippen molar-refractivity contribution in [2.45, 2.75) is 11.3 Å². The Balaban J connectivity index is 1.92. The second-order valence-electron chi connectivity index (χ2n) is 9.25. The second kappa shape index (κ2) is 11.7. The van der Waals surface area contributed by atoms with Crippen LogP contribution in [0, 0.1) is 0 Å². The molecule has 4 aromatic rings. The zero-order valence-corrected chi connectivity index (χ0v) is 24.1. The Hall–Kier alpha value is -3.44. The first kappa shape index (κ1) is 28.6. The number of rotatable bonds is 11. The summed E-state index contributed by atoms with van der Waals surface area (Å²) in [7, 11) is 4.79. The van der Waals surface area contributed by atoms with E-state index in [4.69, 9.17) is 21.1 Å². The Morgan fingerprint density at radius 2 is 1.56 bits per heavy atom. The van der Waals surface area contributed by atoms with Crippen LogP contribution in [0.4, 0.5) is 0 Å². The Bertz CT molecular complexity index is 1600. The van der Waals surface area contributed by atoms with Gasteiger partial charge in [-0.25, -0.2) is 17.4 Å². The largest absolute Gasteiger partial charge is 0.496 e. The van der Waals surface area contributed by atoms with Crippen LogP contribution in [-0.2, 0) is 10.0 Å². The van der Waals surface area contributed by atoms with Crippen LogP contribution in [0.5, 0.6) is 11.5 Å². The van der Waals surface area contributed by atoms with E-state index in [2.05, 4.69) is 5.10 Å². The first-order valence-electron chi connectivity index (χ1n) is 12.2. The SMILES string of the molecule is COc1cccc(OC)c1-c1cc(C(=O)Cl)nn1-c1ccc(S(=O)(=O)N(C)CCCN(C)C)c2ccccc12. The van der Waals surface area contributed by atoms with E-state index in [0.717, 1.165) is 6.54 Å². The monoisotopic (exact) mass is 570 g/mol. The van der Waals surface area contributed by atoms with Crippen molar-refractivity contribution in [3.8, 4) is 28.4 Å². The van der Waals surface area contributed by atoms with Gasteiger partial charge in [-0.05, 0) is 69.0 Å². The molecule has 1 aromatic heterocycles. The fourth-order valence-corrected chi connectivity index (χ4v) is 6.00. The fraction of sp³-hybridized carbons (Fsp3) is 0.286. The van der Waals surface area contributed by atoms with Gasteiger partial charge in [0.05, 0.1) is 36.1 Å². The van der Waals surface area contributed by atoms with Crippen molar-refractivity contribution in [2.75, 3.05) is 48.5 Å². The van der Waals surface area contributed by atoms with Crippen molar-refractivity contribution < 1.29 is 22.7 Å². The van der Waals surface area contributed by atoms with Crippen molar-refractivity contribution >= 4 is 37.6 Å². The Morgan fingerprint density at radius 1 is 0.923 bits per heavy atom. The first-order valence-corrected chi connectivity index (χ1v) is 14.1. The van der Waals surface area contributed by atoms with Gasteiger partial charge in [0, 0.05) is 24.4 Å². The first-order chi connectivity index (χ1) is 18.6. The highest BCUT2D eigenvalue weighted by Crippen LogP contribution is 2.41. The Kier molecular flexibility index (Phi) is 8.60. The lowest BCUT2D eigenvalue weighted by molar-refractivity contribution is 0.107. The predicted molar refractivity (Wildman–Crippen MR) is 153 cm³/mol. The van der Waals surface area contributed by atoms with Crippen LogP contribution in [0.2, 0.25) is 0 Å². The van der Waals surface area contributed by atoms with Crippen LogP contribution < -0.4 is 9.47 Å². The number of benzene rings is 3. The molecule has 0 atom stereocenters. The van der Waals surface area contributed by atoms with Gasteiger partial charge >= 0.3 is 0 Å². The third kappa shape index (κ3) is 5.65. The summed E-state index contributed by atoms with van der Waals surface area (Å²) in [5.74, 6) is 1.01. The second-order valence-corrected chi connectivity index (χ2v) is 11.6. The summed E-state index contributed by atoms with van der Waals surface area (Å²) in [4.78, 5) is 14.4. The Morgan fingerprint density at radius 3 is 2.15 bits per heavy atom. The molecule has 0 fully saturated rings. The summed E-state index contributed by atoms with van der Waals surface area (Å²) in [5, 5.41) is 4.93. The third-order valence-corrected chi connectivity index (χ3v) is 8.56. The molecule has 3 aromatic carbocycles. The molecule has 1 heterocycles. The molecule has 0 saturated carbocycles. The van der Waals surface area contributed by atoms with E-state index in [1.54, 1.807) is 60.3 Å². The van der Waals surface area contributed by atoms with Crippen molar-refractivity contribution in [3.63, 3.8) is 0 Å². The number of ether oxygens (including phenoxy) is 2. The van der Waals surface area contributed by atoms with E-state index in [-0.39, 0.29) is 10.6 Å². The minimum Gasteiger partial charge on any atom is -0.496 e. The highest BCUT2D eigenvalue weighted by Gasteiger charge is 2.26. The summed E-state index contributed by atoms with van der Waals surface area (Å²) in [6, 6.07) is 17.4. The molecule has 0 bridgehead atoms. The van der Waals surface area contributed by atoms with Gasteiger partial charge in [0.2, 0.25) is 10.0 Å². The maximum atomic E-state index is 13.6. The van der Waals surface area contributed by atoms with Gasteiger partial charge in [0.15, 0.2) is 0 Å². The van der Waals surface area contributed by atoms with E-state index >= 15 is 0 Å². The summed E-state index contributed by atoms with van der Waals surface area (Å²) in [6.45, 7) is 1.16. The normalized spacial score (nSPS) is 11.9. The average Bonchev–Trinajstić information content (AvgIpc) is 3.36. The molecule has 0 radical (unpaired) electrons. The molecule has 0 N–H and O–H groups in total. The van der Waals surface area contributed by atoms with Gasteiger partial charge in [-0.15, -0.1) is 0 Å². The third-order valence-electron chi connectivity index (χ3n) is 6.45. The standard InChI is InChI=1S/C28H31ClN4O5S/c1-31(2)16-9-17-32(3)39(35,36)26-15-14-22(19-10-6-7-11-20(19)26)33-23(18-21(30-33)28(29)34)27-24(37-4)12-8-13-25(27)38-5/h6-8,10-15,18H,9,16-17H2,1-5H3. The minimum atomic E-state index is -3.78. The minimum absolute atomic E-state index is 0.0287.